The van der Waals surface area contributed by atoms with Crippen LogP contribution in [0.4, 0.5) is 11.4 Å². The fourth-order valence-electron chi connectivity index (χ4n) is 2.94. The SMILES string of the molecule is CCc1cc(Nc2ccc3c(c2)CCCC3=O)c(C)[nH]c1=O. The van der Waals surface area contributed by atoms with Crippen molar-refractivity contribution in [2.75, 3.05) is 5.32 Å². The molecule has 2 N–H and O–H groups in total. The van der Waals surface area contributed by atoms with Gasteiger partial charge in [0.05, 0.1) is 5.69 Å². The Morgan fingerprint density at radius 2 is 2.00 bits per heavy atom. The van der Waals surface area contributed by atoms with Gasteiger partial charge in [-0.2, -0.15) is 0 Å². The lowest BCUT2D eigenvalue weighted by Gasteiger charge is -2.17. The van der Waals surface area contributed by atoms with E-state index in [0.29, 0.717) is 12.8 Å². The van der Waals surface area contributed by atoms with Crippen molar-refractivity contribution in [1.82, 2.24) is 4.98 Å². The molecule has 0 radical (unpaired) electrons. The van der Waals surface area contributed by atoms with E-state index in [1.165, 1.54) is 0 Å². The summed E-state index contributed by atoms with van der Waals surface area (Å²) < 4.78 is 0. The number of carbonyl (C=O) groups is 1. The molecule has 0 fully saturated rings. The van der Waals surface area contributed by atoms with Crippen LogP contribution in [0.2, 0.25) is 0 Å². The van der Waals surface area contributed by atoms with Crippen molar-refractivity contribution < 1.29 is 4.79 Å². The topological polar surface area (TPSA) is 62.0 Å². The molecule has 22 heavy (non-hydrogen) atoms. The summed E-state index contributed by atoms with van der Waals surface area (Å²) >= 11 is 0. The van der Waals surface area contributed by atoms with E-state index in [1.54, 1.807) is 0 Å². The van der Waals surface area contributed by atoms with E-state index in [1.807, 2.05) is 38.1 Å². The minimum Gasteiger partial charge on any atom is -0.354 e. The molecule has 4 nitrogen and oxygen atoms in total. The quantitative estimate of drug-likeness (QED) is 0.911. The first kappa shape index (κ1) is 14.6. The number of aromatic nitrogens is 1. The number of hydrogen-bond acceptors (Lipinski definition) is 3. The Morgan fingerprint density at radius 1 is 1.18 bits per heavy atom. The lowest BCUT2D eigenvalue weighted by Crippen LogP contribution is -2.14. The van der Waals surface area contributed by atoms with Crippen LogP contribution >= 0.6 is 0 Å². The fraction of sp³-hybridized carbons (Fsp3) is 0.333. The van der Waals surface area contributed by atoms with Crippen molar-refractivity contribution in [2.45, 2.75) is 39.5 Å². The van der Waals surface area contributed by atoms with Crippen LogP contribution in [0.15, 0.2) is 29.1 Å². The number of fused-ring (bicyclic) bond motifs is 1. The molecule has 0 bridgehead atoms. The molecule has 114 valence electrons. The molecule has 1 aliphatic carbocycles. The summed E-state index contributed by atoms with van der Waals surface area (Å²) in [5.74, 6) is 0.237. The molecule has 0 unspecified atom stereocenters. The molecule has 2 aromatic rings. The summed E-state index contributed by atoms with van der Waals surface area (Å²) in [6, 6.07) is 7.78. The Balaban J connectivity index is 1.94. The van der Waals surface area contributed by atoms with Crippen molar-refractivity contribution in [3.63, 3.8) is 0 Å². The Morgan fingerprint density at radius 3 is 2.77 bits per heavy atom. The van der Waals surface area contributed by atoms with Crippen molar-refractivity contribution in [3.8, 4) is 0 Å². The summed E-state index contributed by atoms with van der Waals surface area (Å²) in [6.07, 6.45) is 3.22. The number of anilines is 2. The average molecular weight is 296 g/mol. The van der Waals surface area contributed by atoms with Gasteiger partial charge < -0.3 is 10.3 Å². The van der Waals surface area contributed by atoms with Crippen molar-refractivity contribution in [3.05, 3.63) is 57.0 Å². The standard InChI is InChI=1S/C18H20N2O2/c1-3-12-10-16(11(2)19-18(12)22)20-14-7-8-15-13(9-14)5-4-6-17(15)21/h7-10,20H,3-6H2,1-2H3,(H,19,22). The second-order valence-electron chi connectivity index (χ2n) is 5.79. The molecule has 1 aromatic carbocycles. The number of benzene rings is 1. The van der Waals surface area contributed by atoms with Gasteiger partial charge in [-0.1, -0.05) is 6.92 Å². The third kappa shape index (κ3) is 2.69. The summed E-state index contributed by atoms with van der Waals surface area (Å²) in [5, 5.41) is 3.36. The summed E-state index contributed by atoms with van der Waals surface area (Å²) in [6.45, 7) is 3.85. The monoisotopic (exact) mass is 296 g/mol. The Kier molecular flexibility index (Phi) is 3.84. The molecule has 4 heteroatoms. The molecule has 0 spiro atoms. The van der Waals surface area contributed by atoms with Crippen LogP contribution in [0.1, 0.15) is 46.9 Å². The van der Waals surface area contributed by atoms with Crippen LogP contribution in [0.3, 0.4) is 0 Å². The third-order valence-electron chi connectivity index (χ3n) is 4.23. The fourth-order valence-corrected chi connectivity index (χ4v) is 2.94. The lowest BCUT2D eigenvalue weighted by atomic mass is 9.90. The first-order valence-corrected chi connectivity index (χ1v) is 7.74. The van der Waals surface area contributed by atoms with Gasteiger partial charge in [-0.05, 0) is 56.0 Å². The zero-order valence-corrected chi connectivity index (χ0v) is 13.0. The van der Waals surface area contributed by atoms with Gasteiger partial charge in [0.2, 0.25) is 0 Å². The van der Waals surface area contributed by atoms with Crippen LogP contribution in [0.25, 0.3) is 0 Å². The molecule has 1 aliphatic rings. The second kappa shape index (κ2) is 5.79. The Labute approximate surface area is 129 Å². The molecule has 3 rings (SSSR count). The molecule has 0 atom stereocenters. The zero-order valence-electron chi connectivity index (χ0n) is 13.0. The van der Waals surface area contributed by atoms with Gasteiger partial charge in [0, 0.05) is 28.9 Å². The lowest BCUT2D eigenvalue weighted by molar-refractivity contribution is 0.0972. The van der Waals surface area contributed by atoms with E-state index in [0.717, 1.165) is 46.6 Å². The molecular weight excluding hydrogens is 276 g/mol. The largest absolute Gasteiger partial charge is 0.354 e. The van der Waals surface area contributed by atoms with Crippen LogP contribution < -0.4 is 10.9 Å². The second-order valence-corrected chi connectivity index (χ2v) is 5.79. The van der Waals surface area contributed by atoms with Gasteiger partial charge in [0.1, 0.15) is 0 Å². The molecule has 0 saturated carbocycles. The maximum atomic E-state index is 11.9. The molecule has 1 aromatic heterocycles. The van der Waals surface area contributed by atoms with Gasteiger partial charge in [0.15, 0.2) is 5.78 Å². The number of aryl methyl sites for hydroxylation is 3. The number of H-pyrrole nitrogens is 1. The molecule has 1 heterocycles. The highest BCUT2D eigenvalue weighted by molar-refractivity contribution is 5.98. The normalized spacial score (nSPS) is 13.8. The highest BCUT2D eigenvalue weighted by atomic mass is 16.1. The van der Waals surface area contributed by atoms with Crippen molar-refractivity contribution in [1.29, 1.82) is 0 Å². The predicted molar refractivity (Wildman–Crippen MR) is 88.2 cm³/mol. The number of Topliss-reactive ketones (excluding diaryl/α,β-unsaturated/α-hetero) is 1. The highest BCUT2D eigenvalue weighted by Gasteiger charge is 2.17. The highest BCUT2D eigenvalue weighted by Crippen LogP contribution is 2.26. The summed E-state index contributed by atoms with van der Waals surface area (Å²) in [4.78, 5) is 26.5. The average Bonchev–Trinajstić information content (AvgIpc) is 2.50. The van der Waals surface area contributed by atoms with Gasteiger partial charge in [-0.25, -0.2) is 0 Å². The minimum atomic E-state index is -0.0263. The minimum absolute atomic E-state index is 0.0263. The van der Waals surface area contributed by atoms with E-state index >= 15 is 0 Å². The zero-order chi connectivity index (χ0) is 15.7. The van der Waals surface area contributed by atoms with E-state index in [2.05, 4.69) is 10.3 Å². The molecule has 0 amide bonds. The number of ketones is 1. The van der Waals surface area contributed by atoms with Crippen molar-refractivity contribution >= 4 is 17.2 Å². The molecular formula is C18H20N2O2. The number of hydrogen-bond donors (Lipinski definition) is 2. The first-order valence-electron chi connectivity index (χ1n) is 7.74. The Hall–Kier alpha value is -2.36. The van der Waals surface area contributed by atoms with Crippen LogP contribution in [0.5, 0.6) is 0 Å². The number of pyridine rings is 1. The maximum Gasteiger partial charge on any atom is 0.251 e. The van der Waals surface area contributed by atoms with E-state index in [-0.39, 0.29) is 11.3 Å². The third-order valence-corrected chi connectivity index (χ3v) is 4.23. The smallest absolute Gasteiger partial charge is 0.251 e. The van der Waals surface area contributed by atoms with Crippen molar-refractivity contribution in [2.24, 2.45) is 0 Å². The predicted octanol–water partition coefficient (Wildman–Crippen LogP) is 3.51. The summed E-state index contributed by atoms with van der Waals surface area (Å²) in [5.41, 5.74) is 5.37. The van der Waals surface area contributed by atoms with Gasteiger partial charge in [0.25, 0.3) is 5.56 Å². The van der Waals surface area contributed by atoms with E-state index < -0.39 is 0 Å². The van der Waals surface area contributed by atoms with Gasteiger partial charge in [-0.3, -0.25) is 9.59 Å². The summed E-state index contributed by atoms with van der Waals surface area (Å²) in [7, 11) is 0. The van der Waals surface area contributed by atoms with Crippen LogP contribution in [0, 0.1) is 6.92 Å². The maximum absolute atomic E-state index is 11.9. The molecule has 0 saturated heterocycles. The van der Waals surface area contributed by atoms with Gasteiger partial charge in [-0.15, -0.1) is 0 Å². The number of aromatic amines is 1. The van der Waals surface area contributed by atoms with E-state index in [9.17, 15) is 9.59 Å². The Bertz CT molecular complexity index is 790. The molecule has 0 aliphatic heterocycles. The van der Waals surface area contributed by atoms with Crippen LogP contribution in [-0.4, -0.2) is 10.8 Å². The number of rotatable bonds is 3. The van der Waals surface area contributed by atoms with Crippen LogP contribution in [-0.2, 0) is 12.8 Å². The number of nitrogens with one attached hydrogen (secondary N) is 2. The van der Waals surface area contributed by atoms with E-state index in [4.69, 9.17) is 0 Å². The first-order chi connectivity index (χ1) is 10.6. The number of carbonyl (C=O) groups excluding carboxylic acids is 1. The van der Waals surface area contributed by atoms with Gasteiger partial charge >= 0.3 is 0 Å².